The predicted molar refractivity (Wildman–Crippen MR) is 60.9 cm³/mol. The van der Waals surface area contributed by atoms with E-state index in [4.69, 9.17) is 16.2 Å². The van der Waals surface area contributed by atoms with Gasteiger partial charge in [0.05, 0.1) is 22.0 Å². The van der Waals surface area contributed by atoms with Crippen LogP contribution in [0.5, 0.6) is 0 Å². The van der Waals surface area contributed by atoms with E-state index in [1.54, 1.807) is 0 Å². The molecule has 3 nitrogen and oxygen atoms in total. The second-order valence-electron chi connectivity index (χ2n) is 3.59. The Hall–Kier alpha value is -0.810. The zero-order valence-electron chi connectivity index (χ0n) is 8.09. The van der Waals surface area contributed by atoms with Crippen LogP contribution in [0.4, 0.5) is 15.8 Å². The Labute approximate surface area is 95.7 Å². The molecule has 0 saturated carbocycles. The van der Waals surface area contributed by atoms with Crippen LogP contribution in [0.3, 0.4) is 0 Å². The molecule has 1 saturated heterocycles. The molecule has 1 fully saturated rings. The van der Waals surface area contributed by atoms with Crippen LogP contribution in [-0.2, 0) is 4.74 Å². The molecule has 15 heavy (non-hydrogen) atoms. The van der Waals surface area contributed by atoms with E-state index in [1.165, 1.54) is 6.07 Å². The monoisotopic (exact) mass is 274 g/mol. The maximum atomic E-state index is 13.8. The fourth-order valence-corrected chi connectivity index (χ4v) is 2.26. The average molecular weight is 275 g/mol. The number of rotatable bonds is 1. The highest BCUT2D eigenvalue weighted by Gasteiger charge is 2.26. The van der Waals surface area contributed by atoms with Crippen LogP contribution in [-0.4, -0.2) is 6.61 Å². The van der Waals surface area contributed by atoms with Crippen molar-refractivity contribution in [1.82, 2.24) is 0 Å². The van der Waals surface area contributed by atoms with Gasteiger partial charge in [0, 0.05) is 12.2 Å². The molecule has 1 aromatic rings. The first kappa shape index (κ1) is 10.7. The highest BCUT2D eigenvalue weighted by Crippen LogP contribution is 2.39. The molecule has 1 atom stereocenters. The van der Waals surface area contributed by atoms with E-state index in [9.17, 15) is 4.39 Å². The highest BCUT2D eigenvalue weighted by atomic mass is 79.9. The first-order valence-electron chi connectivity index (χ1n) is 4.75. The molecule has 1 aliphatic rings. The van der Waals surface area contributed by atoms with Crippen molar-refractivity contribution in [2.24, 2.45) is 0 Å². The molecule has 0 radical (unpaired) electrons. The lowest BCUT2D eigenvalue weighted by Gasteiger charge is -2.16. The molecule has 0 spiro atoms. The number of halogens is 2. The molecular formula is C10H12BrFN2O. The summed E-state index contributed by atoms with van der Waals surface area (Å²) in [5.74, 6) is -0.367. The molecular weight excluding hydrogens is 263 g/mol. The summed E-state index contributed by atoms with van der Waals surface area (Å²) in [5.41, 5.74) is 12.5. The van der Waals surface area contributed by atoms with E-state index in [-0.39, 0.29) is 11.9 Å². The van der Waals surface area contributed by atoms with Crippen LogP contribution >= 0.6 is 15.9 Å². The quantitative estimate of drug-likeness (QED) is 0.774. The second-order valence-corrected chi connectivity index (χ2v) is 4.44. The molecule has 0 aromatic heterocycles. The van der Waals surface area contributed by atoms with Gasteiger partial charge in [-0.3, -0.25) is 0 Å². The van der Waals surface area contributed by atoms with Gasteiger partial charge < -0.3 is 16.2 Å². The summed E-state index contributed by atoms with van der Waals surface area (Å²) in [6.07, 6.45) is 1.46. The van der Waals surface area contributed by atoms with Crippen LogP contribution in [0.2, 0.25) is 0 Å². The fourth-order valence-electron chi connectivity index (χ4n) is 1.80. The molecule has 1 aromatic carbocycles. The van der Waals surface area contributed by atoms with Crippen molar-refractivity contribution >= 4 is 27.3 Å². The minimum atomic E-state index is -0.367. The summed E-state index contributed by atoms with van der Waals surface area (Å²) in [5, 5.41) is 0. The van der Waals surface area contributed by atoms with Crippen molar-refractivity contribution in [2.45, 2.75) is 18.9 Å². The van der Waals surface area contributed by atoms with Gasteiger partial charge in [-0.05, 0) is 34.8 Å². The number of hydrogen-bond acceptors (Lipinski definition) is 3. The summed E-state index contributed by atoms with van der Waals surface area (Å²) in [6, 6.07) is 1.48. The Morgan fingerprint density at radius 1 is 1.47 bits per heavy atom. The van der Waals surface area contributed by atoms with E-state index in [0.29, 0.717) is 28.0 Å². The lowest BCUT2D eigenvalue weighted by molar-refractivity contribution is 0.109. The van der Waals surface area contributed by atoms with E-state index in [1.807, 2.05) is 0 Å². The Kier molecular flexibility index (Phi) is 2.84. The molecule has 1 aliphatic heterocycles. The van der Waals surface area contributed by atoms with E-state index >= 15 is 0 Å². The largest absolute Gasteiger partial charge is 0.397 e. The summed E-state index contributed by atoms with van der Waals surface area (Å²) in [4.78, 5) is 0. The van der Waals surface area contributed by atoms with Crippen LogP contribution in [0.15, 0.2) is 10.5 Å². The lowest BCUT2D eigenvalue weighted by Crippen LogP contribution is -2.08. The molecule has 4 N–H and O–H groups in total. The zero-order chi connectivity index (χ0) is 11.0. The normalized spacial score (nSPS) is 20.8. The maximum Gasteiger partial charge on any atom is 0.145 e. The fraction of sp³-hybridized carbons (Fsp3) is 0.400. The van der Waals surface area contributed by atoms with Crippen LogP contribution < -0.4 is 11.5 Å². The third kappa shape index (κ3) is 1.81. The van der Waals surface area contributed by atoms with Crippen molar-refractivity contribution in [2.75, 3.05) is 18.1 Å². The van der Waals surface area contributed by atoms with Gasteiger partial charge in [-0.2, -0.15) is 0 Å². The Bertz CT molecular complexity index is 365. The highest BCUT2D eigenvalue weighted by molar-refractivity contribution is 9.10. The average Bonchev–Trinajstić information content (AvgIpc) is 2.69. The maximum absolute atomic E-state index is 13.8. The van der Waals surface area contributed by atoms with E-state index in [2.05, 4.69) is 15.9 Å². The minimum absolute atomic E-state index is 0.259. The number of anilines is 2. The Balaban J connectivity index is 2.52. The van der Waals surface area contributed by atoms with Gasteiger partial charge >= 0.3 is 0 Å². The van der Waals surface area contributed by atoms with Crippen molar-refractivity contribution in [3.8, 4) is 0 Å². The summed E-state index contributed by atoms with van der Waals surface area (Å²) >= 11 is 3.11. The standard InChI is InChI=1S/C10H12BrFN2O/c11-5-4-6(13)10(14)8(9(5)12)7-2-1-3-15-7/h4,7H,1-3,13-14H2. The summed E-state index contributed by atoms with van der Waals surface area (Å²) < 4.78 is 19.6. The van der Waals surface area contributed by atoms with Gasteiger partial charge in [0.25, 0.3) is 0 Å². The summed E-state index contributed by atoms with van der Waals surface area (Å²) in [7, 11) is 0. The zero-order valence-corrected chi connectivity index (χ0v) is 9.68. The topological polar surface area (TPSA) is 61.3 Å². The van der Waals surface area contributed by atoms with Crippen molar-refractivity contribution in [3.63, 3.8) is 0 Å². The van der Waals surface area contributed by atoms with E-state index in [0.717, 1.165) is 12.8 Å². The Morgan fingerprint density at radius 2 is 2.20 bits per heavy atom. The van der Waals surface area contributed by atoms with Crippen LogP contribution in [0, 0.1) is 5.82 Å². The third-order valence-electron chi connectivity index (χ3n) is 2.58. The van der Waals surface area contributed by atoms with Gasteiger partial charge in [0.2, 0.25) is 0 Å². The number of hydrogen-bond donors (Lipinski definition) is 2. The molecule has 0 bridgehead atoms. The Morgan fingerprint density at radius 3 is 2.80 bits per heavy atom. The number of nitrogen functional groups attached to an aromatic ring is 2. The van der Waals surface area contributed by atoms with Crippen molar-refractivity contribution in [3.05, 3.63) is 21.9 Å². The van der Waals surface area contributed by atoms with Crippen LogP contribution in [0.1, 0.15) is 24.5 Å². The van der Waals surface area contributed by atoms with Crippen molar-refractivity contribution in [1.29, 1.82) is 0 Å². The van der Waals surface area contributed by atoms with Gasteiger partial charge in [0.15, 0.2) is 0 Å². The first-order chi connectivity index (χ1) is 7.11. The van der Waals surface area contributed by atoms with Gasteiger partial charge in [-0.15, -0.1) is 0 Å². The van der Waals surface area contributed by atoms with E-state index < -0.39 is 0 Å². The number of nitrogens with two attached hydrogens (primary N) is 2. The van der Waals surface area contributed by atoms with Gasteiger partial charge in [0.1, 0.15) is 5.82 Å². The molecule has 5 heteroatoms. The minimum Gasteiger partial charge on any atom is -0.397 e. The van der Waals surface area contributed by atoms with Gasteiger partial charge in [-0.1, -0.05) is 0 Å². The summed E-state index contributed by atoms with van der Waals surface area (Å²) in [6.45, 7) is 0.649. The molecule has 0 aliphatic carbocycles. The van der Waals surface area contributed by atoms with Crippen molar-refractivity contribution < 1.29 is 9.13 Å². The number of benzene rings is 1. The molecule has 1 heterocycles. The smallest absolute Gasteiger partial charge is 0.145 e. The SMILES string of the molecule is Nc1cc(Br)c(F)c(C2CCCO2)c1N. The third-order valence-corrected chi connectivity index (χ3v) is 3.16. The second kappa shape index (κ2) is 3.98. The molecule has 1 unspecified atom stereocenters. The molecule has 82 valence electrons. The lowest BCUT2D eigenvalue weighted by atomic mass is 10.0. The molecule has 0 amide bonds. The molecule has 2 rings (SSSR count). The van der Waals surface area contributed by atoms with Crippen LogP contribution in [0.25, 0.3) is 0 Å². The van der Waals surface area contributed by atoms with Gasteiger partial charge in [-0.25, -0.2) is 4.39 Å². The first-order valence-corrected chi connectivity index (χ1v) is 5.55. The predicted octanol–water partition coefficient (Wildman–Crippen LogP) is 2.60. The number of ether oxygens (including phenoxy) is 1.